The van der Waals surface area contributed by atoms with Gasteiger partial charge >= 0.3 is 5.97 Å². The van der Waals surface area contributed by atoms with Crippen LogP contribution in [0.25, 0.3) is 0 Å². The van der Waals surface area contributed by atoms with Gasteiger partial charge in [0.15, 0.2) is 0 Å². The number of carboxylic acid groups (broad SMARTS) is 1. The van der Waals surface area contributed by atoms with Crippen LogP contribution in [0.3, 0.4) is 0 Å². The van der Waals surface area contributed by atoms with Crippen LogP contribution in [0.5, 0.6) is 0 Å². The van der Waals surface area contributed by atoms with Gasteiger partial charge in [-0.05, 0) is 42.2 Å². The zero-order valence-electron chi connectivity index (χ0n) is 11.0. The maximum atomic E-state index is 13.9. The van der Waals surface area contributed by atoms with Crippen molar-refractivity contribution in [2.45, 2.75) is 12.8 Å². The average Bonchev–Trinajstić information content (AvgIpc) is 2.45. The Morgan fingerprint density at radius 1 is 1.19 bits per heavy atom. The summed E-state index contributed by atoms with van der Waals surface area (Å²) in [5.74, 6) is -2.18. The zero-order chi connectivity index (χ0) is 15.4. The van der Waals surface area contributed by atoms with Crippen molar-refractivity contribution in [3.05, 3.63) is 68.9 Å². The van der Waals surface area contributed by atoms with Gasteiger partial charge in [-0.1, -0.05) is 51.8 Å². The molecule has 0 bridgehead atoms. The molecule has 0 aliphatic heterocycles. The van der Waals surface area contributed by atoms with Crippen molar-refractivity contribution >= 4 is 33.5 Å². The second-order valence-electron chi connectivity index (χ2n) is 4.78. The van der Waals surface area contributed by atoms with Crippen molar-refractivity contribution in [2.75, 3.05) is 0 Å². The van der Waals surface area contributed by atoms with Gasteiger partial charge in [0.1, 0.15) is 5.82 Å². The van der Waals surface area contributed by atoms with Crippen LogP contribution in [0.2, 0.25) is 5.02 Å². The molecule has 0 heterocycles. The van der Waals surface area contributed by atoms with Crippen LogP contribution < -0.4 is 0 Å². The molecule has 2 aromatic rings. The van der Waals surface area contributed by atoms with Crippen molar-refractivity contribution in [1.82, 2.24) is 0 Å². The van der Waals surface area contributed by atoms with Gasteiger partial charge in [0, 0.05) is 4.47 Å². The summed E-state index contributed by atoms with van der Waals surface area (Å²) in [5.41, 5.74) is 1.22. The summed E-state index contributed by atoms with van der Waals surface area (Å²) >= 11 is 9.06. The van der Waals surface area contributed by atoms with Gasteiger partial charge in [-0.3, -0.25) is 4.79 Å². The maximum absolute atomic E-state index is 13.9. The normalized spacial score (nSPS) is 12.1. The van der Waals surface area contributed by atoms with E-state index in [4.69, 9.17) is 11.6 Å². The Kier molecular flexibility index (Phi) is 5.37. The summed E-state index contributed by atoms with van der Waals surface area (Å²) in [6.45, 7) is 0. The van der Waals surface area contributed by atoms with Crippen LogP contribution in [-0.4, -0.2) is 11.1 Å². The highest BCUT2D eigenvalue weighted by Crippen LogP contribution is 2.23. The lowest BCUT2D eigenvalue weighted by molar-refractivity contribution is -0.141. The molecule has 0 radical (unpaired) electrons. The lowest BCUT2D eigenvalue weighted by atomic mass is 9.92. The maximum Gasteiger partial charge on any atom is 0.307 e. The molecule has 0 saturated carbocycles. The SMILES string of the molecule is O=C(O)C(Cc1ccc(Br)cc1)Cc1cccc(Cl)c1F. The molecule has 21 heavy (non-hydrogen) atoms. The monoisotopic (exact) mass is 370 g/mol. The van der Waals surface area contributed by atoms with E-state index in [1.807, 2.05) is 24.3 Å². The van der Waals surface area contributed by atoms with E-state index in [1.54, 1.807) is 12.1 Å². The van der Waals surface area contributed by atoms with E-state index in [1.165, 1.54) is 6.07 Å². The molecular formula is C16H13BrClFO2. The minimum Gasteiger partial charge on any atom is -0.481 e. The Morgan fingerprint density at radius 3 is 2.48 bits per heavy atom. The predicted molar refractivity (Wildman–Crippen MR) is 84.1 cm³/mol. The molecule has 2 aromatic carbocycles. The first kappa shape index (κ1) is 16.0. The molecule has 0 aliphatic rings. The van der Waals surface area contributed by atoms with E-state index in [2.05, 4.69) is 15.9 Å². The fraction of sp³-hybridized carbons (Fsp3) is 0.188. The first-order valence-corrected chi connectivity index (χ1v) is 7.54. The first-order valence-electron chi connectivity index (χ1n) is 6.37. The summed E-state index contributed by atoms with van der Waals surface area (Å²) in [5, 5.41) is 9.36. The second kappa shape index (κ2) is 7.05. The molecule has 2 nitrogen and oxygen atoms in total. The van der Waals surface area contributed by atoms with Crippen LogP contribution in [0.1, 0.15) is 11.1 Å². The van der Waals surface area contributed by atoms with E-state index in [-0.39, 0.29) is 11.4 Å². The van der Waals surface area contributed by atoms with Gasteiger partial charge in [0.25, 0.3) is 0 Å². The highest BCUT2D eigenvalue weighted by molar-refractivity contribution is 9.10. The quantitative estimate of drug-likeness (QED) is 0.825. The van der Waals surface area contributed by atoms with E-state index in [0.717, 1.165) is 10.0 Å². The second-order valence-corrected chi connectivity index (χ2v) is 6.11. The molecular weight excluding hydrogens is 359 g/mol. The summed E-state index contributed by atoms with van der Waals surface area (Å²) in [6.07, 6.45) is 0.451. The van der Waals surface area contributed by atoms with Gasteiger partial charge in [-0.25, -0.2) is 4.39 Å². The zero-order valence-corrected chi connectivity index (χ0v) is 13.4. The van der Waals surface area contributed by atoms with Crippen LogP contribution in [0, 0.1) is 11.7 Å². The van der Waals surface area contributed by atoms with Crippen molar-refractivity contribution in [1.29, 1.82) is 0 Å². The summed E-state index contributed by atoms with van der Waals surface area (Å²) in [4.78, 5) is 11.4. The lowest BCUT2D eigenvalue weighted by Crippen LogP contribution is -2.19. The molecule has 1 atom stereocenters. The fourth-order valence-corrected chi connectivity index (χ4v) is 2.58. The Balaban J connectivity index is 2.18. The minimum atomic E-state index is -0.947. The number of carbonyl (C=O) groups is 1. The molecule has 5 heteroatoms. The van der Waals surface area contributed by atoms with Gasteiger partial charge in [-0.15, -0.1) is 0 Å². The Hall–Kier alpha value is -1.39. The number of aliphatic carboxylic acids is 1. The third-order valence-corrected chi connectivity index (χ3v) is 4.06. The van der Waals surface area contributed by atoms with Gasteiger partial charge in [0.2, 0.25) is 0 Å². The first-order chi connectivity index (χ1) is 9.97. The molecule has 0 amide bonds. The van der Waals surface area contributed by atoms with Crippen molar-refractivity contribution < 1.29 is 14.3 Å². The number of carboxylic acids is 1. The molecule has 1 unspecified atom stereocenters. The lowest BCUT2D eigenvalue weighted by Gasteiger charge is -2.13. The summed E-state index contributed by atoms with van der Waals surface area (Å²) in [7, 11) is 0. The molecule has 0 saturated heterocycles. The van der Waals surface area contributed by atoms with Crippen molar-refractivity contribution in [3.8, 4) is 0 Å². The molecule has 0 fully saturated rings. The number of benzene rings is 2. The van der Waals surface area contributed by atoms with E-state index in [9.17, 15) is 14.3 Å². The Bertz CT molecular complexity index is 643. The molecule has 0 spiro atoms. The number of rotatable bonds is 5. The molecule has 1 N–H and O–H groups in total. The largest absolute Gasteiger partial charge is 0.481 e. The fourth-order valence-electron chi connectivity index (χ4n) is 2.12. The highest BCUT2D eigenvalue weighted by atomic mass is 79.9. The van der Waals surface area contributed by atoms with Crippen molar-refractivity contribution in [2.24, 2.45) is 5.92 Å². The Morgan fingerprint density at radius 2 is 1.86 bits per heavy atom. The van der Waals surface area contributed by atoms with E-state index < -0.39 is 17.7 Å². The highest BCUT2D eigenvalue weighted by Gasteiger charge is 2.21. The molecule has 0 aliphatic carbocycles. The van der Waals surface area contributed by atoms with E-state index in [0.29, 0.717) is 12.0 Å². The average molecular weight is 372 g/mol. The molecule has 110 valence electrons. The van der Waals surface area contributed by atoms with Crippen LogP contribution in [0.4, 0.5) is 4.39 Å². The molecule has 0 aromatic heterocycles. The smallest absolute Gasteiger partial charge is 0.307 e. The number of hydrogen-bond acceptors (Lipinski definition) is 1. The number of hydrogen-bond donors (Lipinski definition) is 1. The standard InChI is InChI=1S/C16H13BrClFO2/c17-13-6-4-10(5-7-13)8-12(16(20)21)9-11-2-1-3-14(18)15(11)19/h1-7,12H,8-9H2,(H,20,21). The Labute approximate surface area is 135 Å². The third kappa shape index (κ3) is 4.29. The topological polar surface area (TPSA) is 37.3 Å². The summed E-state index contributed by atoms with van der Waals surface area (Å²) in [6, 6.07) is 12.1. The summed E-state index contributed by atoms with van der Waals surface area (Å²) < 4.78 is 14.8. The van der Waals surface area contributed by atoms with Gasteiger partial charge in [-0.2, -0.15) is 0 Å². The predicted octanol–water partition coefficient (Wildman–Crippen LogP) is 4.73. The van der Waals surface area contributed by atoms with Crippen LogP contribution >= 0.6 is 27.5 Å². The van der Waals surface area contributed by atoms with Crippen molar-refractivity contribution in [3.63, 3.8) is 0 Å². The third-order valence-electron chi connectivity index (χ3n) is 3.24. The van der Waals surface area contributed by atoms with Gasteiger partial charge in [0.05, 0.1) is 10.9 Å². The minimum absolute atomic E-state index is 0.0141. The molecule has 2 rings (SSSR count). The number of halogens is 3. The van der Waals surface area contributed by atoms with Crippen LogP contribution in [-0.2, 0) is 17.6 Å². The van der Waals surface area contributed by atoms with E-state index >= 15 is 0 Å². The van der Waals surface area contributed by atoms with Gasteiger partial charge < -0.3 is 5.11 Å². The van der Waals surface area contributed by atoms with Crippen LogP contribution in [0.15, 0.2) is 46.9 Å².